The van der Waals surface area contributed by atoms with Gasteiger partial charge in [-0.1, -0.05) is 35.9 Å². The molecule has 2 N–H and O–H groups in total. The molecule has 156 valence electrons. The average molecular weight is 442 g/mol. The summed E-state index contributed by atoms with van der Waals surface area (Å²) in [5, 5.41) is 19.2. The standard InChI is InChI=1S/C23H16ClN7O/c24-16-6-4-8-18(14-16)27-23(32)26-17-7-3-5-15(13-17)19-10-11-21-28-29-22(31(21)30-19)20-9-1-2-12-25-20/h1-14H,(H2,26,27,32). The number of urea groups is 1. The SMILES string of the molecule is O=C(Nc1cccc(Cl)c1)Nc1cccc(-c2ccc3nnc(-c4ccccn4)n3n2)c1. The number of carbonyl (C=O) groups excluding carboxylic acids is 1. The van der Waals surface area contributed by atoms with Gasteiger partial charge in [-0.3, -0.25) is 4.98 Å². The van der Waals surface area contributed by atoms with E-state index in [0.29, 0.717) is 39.3 Å². The number of nitrogens with zero attached hydrogens (tertiary/aromatic N) is 5. The maximum Gasteiger partial charge on any atom is 0.323 e. The molecule has 3 heterocycles. The number of hydrogen-bond donors (Lipinski definition) is 2. The fourth-order valence-corrected chi connectivity index (χ4v) is 3.40. The van der Waals surface area contributed by atoms with Crippen molar-refractivity contribution in [1.29, 1.82) is 0 Å². The summed E-state index contributed by atoms with van der Waals surface area (Å²) >= 11 is 5.97. The first-order chi connectivity index (χ1) is 15.7. The average Bonchev–Trinajstić information content (AvgIpc) is 3.23. The normalized spacial score (nSPS) is 10.8. The fourth-order valence-electron chi connectivity index (χ4n) is 3.21. The van der Waals surface area contributed by atoms with E-state index >= 15 is 0 Å². The van der Waals surface area contributed by atoms with Crippen LogP contribution in [0.2, 0.25) is 5.02 Å². The van der Waals surface area contributed by atoms with Gasteiger partial charge < -0.3 is 10.6 Å². The second kappa shape index (κ2) is 8.44. The number of hydrogen-bond acceptors (Lipinski definition) is 5. The first kappa shape index (κ1) is 19.7. The molecule has 0 atom stereocenters. The van der Waals surface area contributed by atoms with Crippen LogP contribution in [-0.2, 0) is 0 Å². The van der Waals surface area contributed by atoms with Crippen molar-refractivity contribution in [3.8, 4) is 22.8 Å². The van der Waals surface area contributed by atoms with E-state index in [4.69, 9.17) is 11.6 Å². The molecule has 0 spiro atoms. The predicted octanol–water partition coefficient (Wildman–Crippen LogP) is 5.15. The first-order valence-corrected chi connectivity index (χ1v) is 10.1. The van der Waals surface area contributed by atoms with E-state index < -0.39 is 0 Å². The Morgan fingerprint density at radius 3 is 2.41 bits per heavy atom. The third kappa shape index (κ3) is 4.12. The summed E-state index contributed by atoms with van der Waals surface area (Å²) in [7, 11) is 0. The van der Waals surface area contributed by atoms with E-state index in [2.05, 4.69) is 30.9 Å². The van der Waals surface area contributed by atoms with Crippen LogP contribution in [0, 0.1) is 0 Å². The minimum atomic E-state index is -0.371. The van der Waals surface area contributed by atoms with Crippen LogP contribution in [-0.4, -0.2) is 30.8 Å². The number of benzene rings is 2. The molecule has 0 bridgehead atoms. The molecule has 0 aliphatic carbocycles. The van der Waals surface area contributed by atoms with E-state index in [-0.39, 0.29) is 6.03 Å². The molecule has 0 aliphatic rings. The Kier molecular flexibility index (Phi) is 5.19. The zero-order valence-electron chi connectivity index (χ0n) is 16.6. The Bertz CT molecular complexity index is 1420. The molecule has 0 unspecified atom stereocenters. The third-order valence-corrected chi connectivity index (χ3v) is 4.89. The highest BCUT2D eigenvalue weighted by Gasteiger charge is 2.12. The number of anilines is 2. The van der Waals surface area contributed by atoms with Gasteiger partial charge in [-0.05, 0) is 54.6 Å². The molecule has 2 aromatic carbocycles. The van der Waals surface area contributed by atoms with E-state index in [1.807, 2.05) is 48.5 Å². The van der Waals surface area contributed by atoms with E-state index in [0.717, 1.165) is 5.56 Å². The number of halogens is 1. The van der Waals surface area contributed by atoms with Gasteiger partial charge in [0, 0.05) is 28.2 Å². The van der Waals surface area contributed by atoms with Gasteiger partial charge in [0.25, 0.3) is 0 Å². The maximum atomic E-state index is 12.4. The largest absolute Gasteiger partial charge is 0.323 e. The van der Waals surface area contributed by atoms with Gasteiger partial charge in [0.15, 0.2) is 5.65 Å². The molecule has 9 heteroatoms. The quantitative estimate of drug-likeness (QED) is 0.402. The zero-order valence-corrected chi connectivity index (χ0v) is 17.4. The Morgan fingerprint density at radius 1 is 0.812 bits per heavy atom. The van der Waals surface area contributed by atoms with Gasteiger partial charge in [0.1, 0.15) is 5.69 Å². The molecule has 3 aromatic heterocycles. The molecule has 32 heavy (non-hydrogen) atoms. The second-order valence-electron chi connectivity index (χ2n) is 6.90. The highest BCUT2D eigenvalue weighted by Crippen LogP contribution is 2.23. The minimum absolute atomic E-state index is 0.371. The lowest BCUT2D eigenvalue weighted by Gasteiger charge is -2.09. The lowest BCUT2D eigenvalue weighted by atomic mass is 10.1. The van der Waals surface area contributed by atoms with Crippen LogP contribution < -0.4 is 10.6 Å². The van der Waals surface area contributed by atoms with Crippen molar-refractivity contribution >= 4 is 34.7 Å². The number of fused-ring (bicyclic) bond motifs is 1. The lowest BCUT2D eigenvalue weighted by Crippen LogP contribution is -2.19. The number of carbonyl (C=O) groups is 1. The predicted molar refractivity (Wildman–Crippen MR) is 124 cm³/mol. The number of nitrogens with one attached hydrogen (secondary N) is 2. The fraction of sp³-hybridized carbons (Fsp3) is 0. The summed E-state index contributed by atoms with van der Waals surface area (Å²) in [4.78, 5) is 16.7. The van der Waals surface area contributed by atoms with E-state index in [1.165, 1.54) is 0 Å². The van der Waals surface area contributed by atoms with Gasteiger partial charge in [0.05, 0.1) is 5.69 Å². The van der Waals surface area contributed by atoms with Gasteiger partial charge >= 0.3 is 6.03 Å². The molecular formula is C23H16ClN7O. The molecule has 0 saturated heterocycles. The highest BCUT2D eigenvalue weighted by molar-refractivity contribution is 6.30. The van der Waals surface area contributed by atoms with Crippen LogP contribution in [0.3, 0.4) is 0 Å². The molecule has 0 fully saturated rings. The summed E-state index contributed by atoms with van der Waals surface area (Å²) in [6.45, 7) is 0. The van der Waals surface area contributed by atoms with Crippen LogP contribution in [0.15, 0.2) is 85.1 Å². The van der Waals surface area contributed by atoms with Crippen molar-refractivity contribution in [3.05, 3.63) is 90.1 Å². The van der Waals surface area contributed by atoms with Crippen molar-refractivity contribution in [2.45, 2.75) is 0 Å². The maximum absolute atomic E-state index is 12.4. The molecule has 8 nitrogen and oxygen atoms in total. The molecule has 0 aliphatic heterocycles. The van der Waals surface area contributed by atoms with Crippen LogP contribution >= 0.6 is 11.6 Å². The molecule has 2 amide bonds. The van der Waals surface area contributed by atoms with Gasteiger partial charge in [-0.25, -0.2) is 4.79 Å². The third-order valence-electron chi connectivity index (χ3n) is 4.66. The van der Waals surface area contributed by atoms with Gasteiger partial charge in [0.2, 0.25) is 5.82 Å². The molecule has 5 aromatic rings. The van der Waals surface area contributed by atoms with Crippen molar-refractivity contribution in [2.24, 2.45) is 0 Å². The number of pyridine rings is 1. The monoisotopic (exact) mass is 441 g/mol. The highest BCUT2D eigenvalue weighted by atomic mass is 35.5. The lowest BCUT2D eigenvalue weighted by molar-refractivity contribution is 0.262. The molecule has 0 saturated carbocycles. The smallest absolute Gasteiger partial charge is 0.308 e. The van der Waals surface area contributed by atoms with Crippen molar-refractivity contribution in [2.75, 3.05) is 10.6 Å². The Balaban J connectivity index is 1.41. The summed E-state index contributed by atoms with van der Waals surface area (Å²) in [5.41, 5.74) is 4.05. The Morgan fingerprint density at radius 2 is 1.62 bits per heavy atom. The number of aromatic nitrogens is 5. The number of amides is 2. The number of rotatable bonds is 4. The second-order valence-corrected chi connectivity index (χ2v) is 7.33. The van der Waals surface area contributed by atoms with Crippen molar-refractivity contribution < 1.29 is 4.79 Å². The molecular weight excluding hydrogens is 426 g/mol. The topological polar surface area (TPSA) is 97.1 Å². The molecule has 0 radical (unpaired) electrons. The zero-order chi connectivity index (χ0) is 21.9. The Hall–Kier alpha value is -4.30. The van der Waals surface area contributed by atoms with Gasteiger partial charge in [-0.2, -0.15) is 9.61 Å². The van der Waals surface area contributed by atoms with E-state index in [9.17, 15) is 4.79 Å². The van der Waals surface area contributed by atoms with Crippen molar-refractivity contribution in [1.82, 2.24) is 24.8 Å². The van der Waals surface area contributed by atoms with E-state index in [1.54, 1.807) is 41.0 Å². The van der Waals surface area contributed by atoms with Crippen molar-refractivity contribution in [3.63, 3.8) is 0 Å². The summed E-state index contributed by atoms with van der Waals surface area (Å²) < 4.78 is 1.66. The van der Waals surface area contributed by atoms with Crippen LogP contribution in [0.5, 0.6) is 0 Å². The summed E-state index contributed by atoms with van der Waals surface area (Å²) in [6.07, 6.45) is 1.70. The minimum Gasteiger partial charge on any atom is -0.308 e. The van der Waals surface area contributed by atoms with Crippen LogP contribution in [0.4, 0.5) is 16.2 Å². The van der Waals surface area contributed by atoms with Crippen LogP contribution in [0.25, 0.3) is 28.4 Å². The molecule has 5 rings (SSSR count). The first-order valence-electron chi connectivity index (χ1n) is 9.74. The summed E-state index contributed by atoms with van der Waals surface area (Å²) in [6, 6.07) is 23.3. The van der Waals surface area contributed by atoms with Gasteiger partial charge in [-0.15, -0.1) is 10.2 Å². The summed E-state index contributed by atoms with van der Waals surface area (Å²) in [5.74, 6) is 0.553. The van der Waals surface area contributed by atoms with Crippen LogP contribution in [0.1, 0.15) is 0 Å². The Labute approximate surface area is 187 Å².